The van der Waals surface area contributed by atoms with E-state index in [0.29, 0.717) is 23.1 Å². The molecular formula is C18H17IN4O2S. The van der Waals surface area contributed by atoms with Crippen molar-refractivity contribution in [1.29, 1.82) is 0 Å². The maximum Gasteiger partial charge on any atom is 0.234 e. The van der Waals surface area contributed by atoms with Crippen molar-refractivity contribution in [3.8, 4) is 17.1 Å². The first-order valence-electron chi connectivity index (χ1n) is 7.98. The van der Waals surface area contributed by atoms with Crippen LogP contribution in [-0.4, -0.2) is 31.5 Å². The first kappa shape index (κ1) is 18.7. The molecule has 0 aliphatic carbocycles. The maximum absolute atomic E-state index is 12.2. The Labute approximate surface area is 169 Å². The molecule has 0 radical (unpaired) electrons. The molecular weight excluding hydrogens is 463 g/mol. The van der Waals surface area contributed by atoms with Crippen LogP contribution in [0.5, 0.6) is 5.75 Å². The number of carbonyl (C=O) groups is 1. The standard InChI is InChI=1S/C18H17IN4O2S/c1-2-23-17(14-5-3-4-6-15(14)24)21-22-18(23)26-11-16(25)20-13-9-7-12(19)8-10-13/h3-10,24H,2,11H2,1H3,(H,20,25). The summed E-state index contributed by atoms with van der Waals surface area (Å²) in [6, 6.07) is 14.6. The van der Waals surface area contributed by atoms with Gasteiger partial charge in [-0.2, -0.15) is 0 Å². The second kappa shape index (κ2) is 8.54. The van der Waals surface area contributed by atoms with Crippen LogP contribution < -0.4 is 5.32 Å². The van der Waals surface area contributed by atoms with Crippen LogP contribution in [-0.2, 0) is 11.3 Å². The van der Waals surface area contributed by atoms with Gasteiger partial charge in [-0.3, -0.25) is 4.79 Å². The van der Waals surface area contributed by atoms with E-state index in [9.17, 15) is 9.90 Å². The fraction of sp³-hybridized carbons (Fsp3) is 0.167. The Bertz CT molecular complexity index is 912. The number of para-hydroxylation sites is 1. The minimum atomic E-state index is -0.106. The van der Waals surface area contributed by atoms with Gasteiger partial charge in [0, 0.05) is 15.8 Å². The van der Waals surface area contributed by atoms with E-state index in [-0.39, 0.29) is 17.4 Å². The lowest BCUT2D eigenvalue weighted by atomic mass is 10.2. The molecule has 2 N–H and O–H groups in total. The number of benzene rings is 2. The first-order valence-corrected chi connectivity index (χ1v) is 10.0. The zero-order chi connectivity index (χ0) is 18.5. The van der Waals surface area contributed by atoms with Gasteiger partial charge in [0.05, 0.1) is 11.3 Å². The number of amides is 1. The molecule has 0 bridgehead atoms. The van der Waals surface area contributed by atoms with E-state index >= 15 is 0 Å². The number of aromatic nitrogens is 3. The fourth-order valence-corrected chi connectivity index (χ4v) is 3.56. The van der Waals surface area contributed by atoms with Crippen LogP contribution in [0.15, 0.2) is 53.7 Å². The van der Waals surface area contributed by atoms with Crippen molar-refractivity contribution >= 4 is 45.9 Å². The molecule has 0 unspecified atom stereocenters. The number of anilines is 1. The SMILES string of the molecule is CCn1c(SCC(=O)Nc2ccc(I)cc2)nnc1-c1ccccc1O. The molecule has 6 nitrogen and oxygen atoms in total. The number of phenolic OH excluding ortho intramolecular Hbond substituents is 1. The molecule has 2 aromatic carbocycles. The van der Waals surface area contributed by atoms with Crippen LogP contribution in [0.3, 0.4) is 0 Å². The molecule has 26 heavy (non-hydrogen) atoms. The average Bonchev–Trinajstić information content (AvgIpc) is 3.05. The van der Waals surface area contributed by atoms with Crippen molar-refractivity contribution in [3.63, 3.8) is 0 Å². The van der Waals surface area contributed by atoms with Gasteiger partial charge in [-0.25, -0.2) is 0 Å². The molecule has 1 heterocycles. The molecule has 0 saturated carbocycles. The normalized spacial score (nSPS) is 10.7. The summed E-state index contributed by atoms with van der Waals surface area (Å²) in [6.07, 6.45) is 0. The van der Waals surface area contributed by atoms with E-state index in [4.69, 9.17) is 0 Å². The molecule has 0 fully saturated rings. The molecule has 1 aromatic heterocycles. The van der Waals surface area contributed by atoms with Crippen LogP contribution in [0.4, 0.5) is 5.69 Å². The van der Waals surface area contributed by atoms with Gasteiger partial charge in [-0.15, -0.1) is 10.2 Å². The van der Waals surface area contributed by atoms with E-state index in [2.05, 4.69) is 38.1 Å². The number of rotatable bonds is 6. The number of aromatic hydroxyl groups is 1. The molecule has 0 spiro atoms. The van der Waals surface area contributed by atoms with Gasteiger partial charge in [0.1, 0.15) is 5.75 Å². The lowest BCUT2D eigenvalue weighted by Gasteiger charge is -2.09. The van der Waals surface area contributed by atoms with E-state index in [1.807, 2.05) is 41.8 Å². The number of carbonyl (C=O) groups excluding carboxylic acids is 1. The minimum absolute atomic E-state index is 0.106. The summed E-state index contributed by atoms with van der Waals surface area (Å²) in [7, 11) is 0. The summed E-state index contributed by atoms with van der Waals surface area (Å²) in [4.78, 5) is 12.2. The molecule has 0 saturated heterocycles. The van der Waals surface area contributed by atoms with Crippen molar-refractivity contribution in [3.05, 3.63) is 52.1 Å². The summed E-state index contributed by atoms with van der Waals surface area (Å²) in [6.45, 7) is 2.61. The topological polar surface area (TPSA) is 80.0 Å². The Morgan fingerprint density at radius 3 is 2.62 bits per heavy atom. The molecule has 0 aliphatic heterocycles. The summed E-state index contributed by atoms with van der Waals surface area (Å²) in [5.41, 5.74) is 1.39. The van der Waals surface area contributed by atoms with Gasteiger partial charge < -0.3 is 15.0 Å². The van der Waals surface area contributed by atoms with E-state index in [1.165, 1.54) is 11.8 Å². The summed E-state index contributed by atoms with van der Waals surface area (Å²) >= 11 is 3.54. The van der Waals surface area contributed by atoms with Crippen molar-refractivity contribution < 1.29 is 9.90 Å². The van der Waals surface area contributed by atoms with Crippen molar-refractivity contribution in [2.45, 2.75) is 18.6 Å². The van der Waals surface area contributed by atoms with E-state index in [0.717, 1.165) is 9.26 Å². The number of hydrogen-bond acceptors (Lipinski definition) is 5. The fourth-order valence-electron chi connectivity index (χ4n) is 2.40. The van der Waals surface area contributed by atoms with Crippen molar-refractivity contribution in [1.82, 2.24) is 14.8 Å². The highest BCUT2D eigenvalue weighted by molar-refractivity contribution is 14.1. The summed E-state index contributed by atoms with van der Waals surface area (Å²) in [5.74, 6) is 0.866. The quantitative estimate of drug-likeness (QED) is 0.412. The lowest BCUT2D eigenvalue weighted by Crippen LogP contribution is -2.14. The van der Waals surface area contributed by atoms with Crippen LogP contribution in [0.1, 0.15) is 6.92 Å². The highest BCUT2D eigenvalue weighted by atomic mass is 127. The van der Waals surface area contributed by atoms with E-state index < -0.39 is 0 Å². The smallest absolute Gasteiger partial charge is 0.234 e. The number of thioether (sulfide) groups is 1. The Hall–Kier alpha value is -2.07. The number of hydrogen-bond donors (Lipinski definition) is 2. The molecule has 1 amide bonds. The highest BCUT2D eigenvalue weighted by Gasteiger charge is 2.16. The number of nitrogens with zero attached hydrogens (tertiary/aromatic N) is 3. The summed E-state index contributed by atoms with van der Waals surface area (Å²) < 4.78 is 3.00. The van der Waals surface area contributed by atoms with Crippen molar-refractivity contribution in [2.24, 2.45) is 0 Å². The lowest BCUT2D eigenvalue weighted by molar-refractivity contribution is -0.113. The van der Waals surface area contributed by atoms with Gasteiger partial charge in [-0.05, 0) is 65.9 Å². The van der Waals surface area contributed by atoms with Gasteiger partial charge in [0.2, 0.25) is 5.91 Å². The number of halogens is 1. The van der Waals surface area contributed by atoms with Crippen molar-refractivity contribution in [2.75, 3.05) is 11.1 Å². The Morgan fingerprint density at radius 2 is 1.92 bits per heavy atom. The third-order valence-electron chi connectivity index (χ3n) is 3.64. The van der Waals surface area contributed by atoms with Crippen LogP contribution >= 0.6 is 34.4 Å². The van der Waals surface area contributed by atoms with Crippen LogP contribution in [0, 0.1) is 3.57 Å². The zero-order valence-corrected chi connectivity index (χ0v) is 17.0. The molecule has 8 heteroatoms. The van der Waals surface area contributed by atoms with Gasteiger partial charge in [-0.1, -0.05) is 23.9 Å². The molecule has 0 aliphatic rings. The molecule has 3 aromatic rings. The zero-order valence-electron chi connectivity index (χ0n) is 14.0. The third kappa shape index (κ3) is 4.36. The Balaban J connectivity index is 1.69. The Kier molecular flexibility index (Phi) is 6.15. The second-order valence-electron chi connectivity index (χ2n) is 5.41. The Morgan fingerprint density at radius 1 is 1.19 bits per heavy atom. The van der Waals surface area contributed by atoms with Gasteiger partial charge in [0.25, 0.3) is 0 Å². The molecule has 3 rings (SSSR count). The van der Waals surface area contributed by atoms with Gasteiger partial charge >= 0.3 is 0 Å². The van der Waals surface area contributed by atoms with Gasteiger partial charge in [0.15, 0.2) is 11.0 Å². The minimum Gasteiger partial charge on any atom is -0.507 e. The molecule has 0 atom stereocenters. The van der Waals surface area contributed by atoms with E-state index in [1.54, 1.807) is 18.2 Å². The highest BCUT2D eigenvalue weighted by Crippen LogP contribution is 2.30. The monoisotopic (exact) mass is 480 g/mol. The number of phenols is 1. The first-order chi connectivity index (χ1) is 12.6. The maximum atomic E-state index is 12.2. The average molecular weight is 480 g/mol. The van der Waals surface area contributed by atoms with Crippen LogP contribution in [0.2, 0.25) is 0 Å². The predicted molar refractivity (Wildman–Crippen MR) is 111 cm³/mol. The number of nitrogens with one attached hydrogen (secondary N) is 1. The van der Waals surface area contributed by atoms with Crippen LogP contribution in [0.25, 0.3) is 11.4 Å². The predicted octanol–water partition coefficient (Wildman–Crippen LogP) is 4.01. The summed E-state index contributed by atoms with van der Waals surface area (Å²) in [5, 5.41) is 21.9. The second-order valence-corrected chi connectivity index (χ2v) is 7.60. The largest absolute Gasteiger partial charge is 0.507 e. The third-order valence-corrected chi connectivity index (χ3v) is 5.32. The molecule has 134 valence electrons.